The van der Waals surface area contributed by atoms with E-state index in [2.05, 4.69) is 185 Å². The third kappa shape index (κ3) is 10.5. The van der Waals surface area contributed by atoms with Gasteiger partial charge in [0.1, 0.15) is 0 Å². The van der Waals surface area contributed by atoms with Crippen LogP contribution in [0.25, 0.3) is 33.8 Å². The molecule has 1 aliphatic heterocycles. The van der Waals surface area contributed by atoms with Gasteiger partial charge in [0.15, 0.2) is 0 Å². The second-order valence-corrected chi connectivity index (χ2v) is 13.7. The molecule has 0 unspecified atom stereocenters. The van der Waals surface area contributed by atoms with Crippen molar-refractivity contribution in [2.75, 3.05) is 11.4 Å². The maximum atomic E-state index is 6.03. The minimum absolute atomic E-state index is 0.687. The maximum Gasteiger partial charge on any atom is 0.0721 e. The van der Waals surface area contributed by atoms with Crippen LogP contribution in [0, 0.1) is 25.2 Å². The number of aliphatic imine (C=N–C) groups is 1. The molecule has 0 fully saturated rings. The molecular formula is C56H56N4. The Balaban J connectivity index is 0.00000109. The molecule has 4 heteroatoms. The van der Waals surface area contributed by atoms with Gasteiger partial charge in [0.05, 0.1) is 18.3 Å². The molecule has 0 saturated carbocycles. The fourth-order valence-corrected chi connectivity index (χ4v) is 7.49. The van der Waals surface area contributed by atoms with Crippen LogP contribution < -0.4 is 4.90 Å². The number of terminal acetylenes is 2. The summed E-state index contributed by atoms with van der Waals surface area (Å²) in [7, 11) is 0. The van der Waals surface area contributed by atoms with Crippen molar-refractivity contribution in [2.24, 2.45) is 4.99 Å². The molecule has 0 amide bonds. The molecule has 2 aliphatic carbocycles. The highest BCUT2D eigenvalue weighted by Crippen LogP contribution is 2.34. The number of para-hydroxylation sites is 1. The highest BCUT2D eigenvalue weighted by atomic mass is 15.1. The molecule has 0 atom stereocenters. The second kappa shape index (κ2) is 22.7. The molecule has 300 valence electrons. The van der Waals surface area contributed by atoms with Crippen molar-refractivity contribution < 1.29 is 0 Å². The Morgan fingerprint density at radius 1 is 0.800 bits per heavy atom. The van der Waals surface area contributed by atoms with Crippen LogP contribution in [0.5, 0.6) is 0 Å². The molecule has 2 aromatic heterocycles. The Hall–Kier alpha value is -7.14. The van der Waals surface area contributed by atoms with E-state index in [4.69, 9.17) is 6.42 Å². The third-order valence-corrected chi connectivity index (χ3v) is 10.3. The number of rotatable bonds is 7. The van der Waals surface area contributed by atoms with Gasteiger partial charge in [-0.05, 0) is 89.9 Å². The summed E-state index contributed by atoms with van der Waals surface area (Å²) in [6.45, 7) is 10.8. The number of benzene rings is 3. The average molecular weight is 785 g/mol. The van der Waals surface area contributed by atoms with Crippen molar-refractivity contribution >= 4 is 45.7 Å². The molecular weight excluding hydrogens is 729 g/mol. The molecule has 5 aromatic rings. The van der Waals surface area contributed by atoms with Crippen LogP contribution in [0.1, 0.15) is 80.1 Å². The van der Waals surface area contributed by atoms with Gasteiger partial charge in [-0.1, -0.05) is 149 Å². The minimum Gasteiger partial charge on any atom is -0.340 e. The van der Waals surface area contributed by atoms with E-state index in [1.54, 1.807) is 0 Å². The van der Waals surface area contributed by atoms with Gasteiger partial charge in [-0.15, -0.1) is 19.3 Å². The zero-order valence-electron chi connectivity index (χ0n) is 35.7. The molecule has 3 heterocycles. The van der Waals surface area contributed by atoms with Crippen molar-refractivity contribution in [3.05, 3.63) is 203 Å². The number of pyridine rings is 1. The van der Waals surface area contributed by atoms with Crippen molar-refractivity contribution in [2.45, 2.75) is 60.3 Å². The lowest BCUT2D eigenvalue weighted by atomic mass is 9.98. The van der Waals surface area contributed by atoms with E-state index in [0.29, 0.717) is 6.54 Å². The minimum atomic E-state index is 0.687. The van der Waals surface area contributed by atoms with E-state index in [1.807, 2.05) is 58.6 Å². The SMILES string of the molecule is C#C.C#C/C(=C\C=C(/C)N1CC=N/C=C\Cc2ccccc21)c1ccc(Cc2ccc(C3=CCC=C(n4c5c(c6ccncc64)C=CC=CC5)C=C3)cc2)cc1.CC.CC. The van der Waals surface area contributed by atoms with Gasteiger partial charge in [-0.25, -0.2) is 0 Å². The maximum absolute atomic E-state index is 6.03. The molecule has 0 N–H and O–H groups in total. The first kappa shape index (κ1) is 44.0. The first-order valence-electron chi connectivity index (χ1n) is 20.9. The van der Waals surface area contributed by atoms with E-state index >= 15 is 0 Å². The normalized spacial score (nSPS) is 14.9. The molecule has 8 rings (SSSR count). The summed E-state index contributed by atoms with van der Waals surface area (Å²) in [4.78, 5) is 11.2. The van der Waals surface area contributed by atoms with E-state index in [-0.39, 0.29) is 0 Å². The summed E-state index contributed by atoms with van der Waals surface area (Å²) >= 11 is 0. The molecule has 0 radical (unpaired) electrons. The number of aromatic nitrogens is 2. The number of hydrogen-bond acceptors (Lipinski definition) is 3. The molecule has 3 aliphatic rings. The van der Waals surface area contributed by atoms with Gasteiger partial charge in [0, 0.05) is 64.3 Å². The van der Waals surface area contributed by atoms with Crippen LogP contribution in [0.4, 0.5) is 5.69 Å². The van der Waals surface area contributed by atoms with Gasteiger partial charge in [0.25, 0.3) is 0 Å². The molecule has 3 aromatic carbocycles. The van der Waals surface area contributed by atoms with E-state index in [9.17, 15) is 0 Å². The van der Waals surface area contributed by atoms with Crippen LogP contribution in [-0.4, -0.2) is 22.3 Å². The topological polar surface area (TPSA) is 33.4 Å². The number of fused-ring (bicyclic) bond motifs is 4. The Labute approximate surface area is 358 Å². The third-order valence-electron chi connectivity index (χ3n) is 10.3. The van der Waals surface area contributed by atoms with Crippen LogP contribution in [0.2, 0.25) is 0 Å². The fourth-order valence-electron chi connectivity index (χ4n) is 7.49. The first-order valence-corrected chi connectivity index (χ1v) is 20.9. The van der Waals surface area contributed by atoms with E-state index in [1.165, 1.54) is 55.9 Å². The Morgan fingerprint density at radius 2 is 1.55 bits per heavy atom. The van der Waals surface area contributed by atoms with Crippen molar-refractivity contribution in [1.82, 2.24) is 9.55 Å². The fraction of sp³-hybridized carbons (Fsp3) is 0.179. The predicted octanol–water partition coefficient (Wildman–Crippen LogP) is 13.5. The summed E-state index contributed by atoms with van der Waals surface area (Å²) < 4.78 is 2.38. The number of allylic oxidation sites excluding steroid dienone is 14. The zero-order valence-corrected chi connectivity index (χ0v) is 35.7. The summed E-state index contributed by atoms with van der Waals surface area (Å²) in [6.07, 6.45) is 49.2. The summed E-state index contributed by atoms with van der Waals surface area (Å²) in [6, 6.07) is 28.2. The van der Waals surface area contributed by atoms with Crippen LogP contribution in [0.15, 0.2) is 169 Å². The molecule has 0 bridgehead atoms. The van der Waals surface area contributed by atoms with Crippen molar-refractivity contribution in [1.29, 1.82) is 0 Å². The Bertz CT molecular complexity index is 2570. The van der Waals surface area contributed by atoms with Crippen LogP contribution in [0.3, 0.4) is 0 Å². The summed E-state index contributed by atoms with van der Waals surface area (Å²) in [5, 5.41) is 1.24. The van der Waals surface area contributed by atoms with Crippen molar-refractivity contribution in [3.63, 3.8) is 0 Å². The van der Waals surface area contributed by atoms with Crippen LogP contribution >= 0.6 is 0 Å². The molecule has 0 saturated heterocycles. The van der Waals surface area contributed by atoms with Gasteiger partial charge < -0.3 is 9.47 Å². The van der Waals surface area contributed by atoms with Crippen molar-refractivity contribution in [3.8, 4) is 25.2 Å². The first-order chi connectivity index (χ1) is 29.7. The smallest absolute Gasteiger partial charge is 0.0721 e. The zero-order chi connectivity index (χ0) is 42.7. The Morgan fingerprint density at radius 3 is 2.32 bits per heavy atom. The number of nitrogens with zero attached hydrogens (tertiary/aromatic N) is 4. The number of anilines is 1. The predicted molar refractivity (Wildman–Crippen MR) is 262 cm³/mol. The quantitative estimate of drug-likeness (QED) is 0.122. The standard InChI is InChI=1S/C50H42N4.2C2H6.C2H2/c1-3-40(23-18-37(2)53-34-33-51-31-10-13-44-11-7-8-16-48(44)53)42-24-19-38(20-25-42)35-39-21-26-43(27-22-39)41-12-9-14-45(29-28-41)54-49-17-6-4-5-15-46(49)47-30-32-52-36-50(47)54;3*1-2/h1,4-8,10-12,14-16,18-33,36H,9,13,17,34-35H2,2H3;2*1-2H3;1-2H/b31-10-,37-18+,40-23+,51-33?;;;. The van der Waals surface area contributed by atoms with E-state index < -0.39 is 0 Å². The Kier molecular flexibility index (Phi) is 16.6. The molecule has 0 spiro atoms. The van der Waals surface area contributed by atoms with E-state index in [0.717, 1.165) is 48.0 Å². The highest BCUT2D eigenvalue weighted by molar-refractivity contribution is 5.95. The second-order valence-electron chi connectivity index (χ2n) is 13.7. The average Bonchev–Trinajstić information content (AvgIpc) is 3.44. The molecule has 60 heavy (non-hydrogen) atoms. The van der Waals surface area contributed by atoms with Crippen LogP contribution in [-0.2, 0) is 19.3 Å². The lowest BCUT2D eigenvalue weighted by molar-refractivity contribution is 1.02. The lowest BCUT2D eigenvalue weighted by Gasteiger charge is -2.26. The lowest BCUT2D eigenvalue weighted by Crippen LogP contribution is -2.24. The van der Waals surface area contributed by atoms with Gasteiger partial charge in [0.2, 0.25) is 0 Å². The largest absolute Gasteiger partial charge is 0.340 e. The number of hydrogen-bond donors (Lipinski definition) is 0. The van der Waals surface area contributed by atoms with Gasteiger partial charge in [-0.2, -0.15) is 0 Å². The van der Waals surface area contributed by atoms with Gasteiger partial charge >= 0.3 is 0 Å². The monoisotopic (exact) mass is 784 g/mol. The molecule has 4 nitrogen and oxygen atoms in total. The van der Waals surface area contributed by atoms with Gasteiger partial charge in [-0.3, -0.25) is 9.98 Å². The highest BCUT2D eigenvalue weighted by Gasteiger charge is 2.18. The summed E-state index contributed by atoms with van der Waals surface area (Å²) in [5.41, 5.74) is 15.3. The summed E-state index contributed by atoms with van der Waals surface area (Å²) in [5.74, 6) is 2.91.